The number of carbonyl (C=O) groups is 1. The third kappa shape index (κ3) is 3.81. The summed E-state index contributed by atoms with van der Waals surface area (Å²) in [6.07, 6.45) is 3.15. The topological polar surface area (TPSA) is 26.3 Å². The van der Waals surface area contributed by atoms with Crippen LogP contribution in [0.25, 0.3) is 16.8 Å². The van der Waals surface area contributed by atoms with Gasteiger partial charge in [0.2, 0.25) is 0 Å². The molecule has 0 aliphatic carbocycles. The van der Waals surface area contributed by atoms with Crippen molar-refractivity contribution in [3.8, 4) is 5.75 Å². The van der Waals surface area contributed by atoms with Crippen molar-refractivity contribution in [3.05, 3.63) is 81.8 Å². The molecule has 0 aromatic heterocycles. The molecule has 0 saturated heterocycles. The molecule has 0 unspecified atom stereocenters. The van der Waals surface area contributed by atoms with Crippen molar-refractivity contribution >= 4 is 50.3 Å². The van der Waals surface area contributed by atoms with Gasteiger partial charge in [0.05, 0.1) is 5.02 Å². The third-order valence-corrected chi connectivity index (χ3v) is 4.12. The second-order valence-corrected chi connectivity index (χ2v) is 6.22. The Morgan fingerprint density at radius 2 is 1.83 bits per heavy atom. The lowest BCUT2D eigenvalue weighted by atomic mass is 10.0. The van der Waals surface area contributed by atoms with Gasteiger partial charge in [0.25, 0.3) is 0 Å². The van der Waals surface area contributed by atoms with E-state index >= 15 is 0 Å². The number of carbonyl (C=O) groups excluding carboxylic acids is 1. The van der Waals surface area contributed by atoms with Crippen LogP contribution in [0.4, 0.5) is 0 Å². The monoisotopic (exact) mass is 386 g/mol. The Balaban J connectivity index is 1.80. The smallest absolute Gasteiger partial charge is 0.336 e. The predicted molar refractivity (Wildman–Crippen MR) is 97.8 cm³/mol. The van der Waals surface area contributed by atoms with Crippen LogP contribution >= 0.6 is 27.5 Å². The van der Waals surface area contributed by atoms with Gasteiger partial charge in [-0.3, -0.25) is 0 Å². The molecule has 0 saturated carbocycles. The van der Waals surface area contributed by atoms with Crippen molar-refractivity contribution in [2.75, 3.05) is 0 Å². The van der Waals surface area contributed by atoms with Crippen molar-refractivity contribution in [1.29, 1.82) is 0 Å². The molecule has 0 atom stereocenters. The molecule has 3 rings (SSSR count). The average Bonchev–Trinajstić information content (AvgIpc) is 2.55. The summed E-state index contributed by atoms with van der Waals surface area (Å²) in [5.41, 5.74) is 0.960. The van der Waals surface area contributed by atoms with Gasteiger partial charge in [-0.15, -0.1) is 0 Å². The number of esters is 1. The van der Waals surface area contributed by atoms with Gasteiger partial charge in [-0.05, 0) is 40.6 Å². The van der Waals surface area contributed by atoms with E-state index in [1.165, 1.54) is 6.08 Å². The molecular formula is C19H12BrClO2. The van der Waals surface area contributed by atoms with Crippen LogP contribution < -0.4 is 4.74 Å². The minimum Gasteiger partial charge on any atom is -0.422 e. The van der Waals surface area contributed by atoms with Crippen LogP contribution in [0.5, 0.6) is 5.75 Å². The maximum absolute atomic E-state index is 12.0. The second kappa shape index (κ2) is 6.99. The van der Waals surface area contributed by atoms with Gasteiger partial charge >= 0.3 is 5.97 Å². The zero-order chi connectivity index (χ0) is 16.2. The van der Waals surface area contributed by atoms with E-state index in [-0.39, 0.29) is 0 Å². The Labute approximate surface area is 147 Å². The highest BCUT2D eigenvalue weighted by Gasteiger charge is 2.06. The first-order valence-electron chi connectivity index (χ1n) is 6.96. The van der Waals surface area contributed by atoms with E-state index < -0.39 is 5.97 Å². The van der Waals surface area contributed by atoms with Gasteiger partial charge < -0.3 is 4.74 Å². The Morgan fingerprint density at radius 3 is 2.65 bits per heavy atom. The first kappa shape index (κ1) is 15.8. The molecule has 3 aromatic rings. The largest absolute Gasteiger partial charge is 0.422 e. The fourth-order valence-electron chi connectivity index (χ4n) is 2.25. The summed E-state index contributed by atoms with van der Waals surface area (Å²) >= 11 is 9.35. The Bertz CT molecular complexity index is 898. The maximum atomic E-state index is 12.0. The average molecular weight is 388 g/mol. The van der Waals surface area contributed by atoms with E-state index in [4.69, 9.17) is 16.3 Å². The van der Waals surface area contributed by atoms with Crippen molar-refractivity contribution in [1.82, 2.24) is 0 Å². The highest BCUT2D eigenvalue weighted by molar-refractivity contribution is 9.10. The normalized spacial score (nSPS) is 11.0. The number of hydrogen-bond donors (Lipinski definition) is 0. The zero-order valence-corrected chi connectivity index (χ0v) is 14.3. The molecule has 0 aliphatic heterocycles. The SMILES string of the molecule is O=C(/C=C/c1cccc2ccccc12)Oc1ccc(Br)cc1Cl. The van der Waals surface area contributed by atoms with E-state index in [0.717, 1.165) is 20.8 Å². The fraction of sp³-hybridized carbons (Fsp3) is 0. The van der Waals surface area contributed by atoms with E-state index in [1.807, 2.05) is 42.5 Å². The summed E-state index contributed by atoms with van der Waals surface area (Å²) < 4.78 is 6.08. The lowest BCUT2D eigenvalue weighted by Crippen LogP contribution is -2.04. The van der Waals surface area contributed by atoms with Crippen molar-refractivity contribution in [2.24, 2.45) is 0 Å². The Morgan fingerprint density at radius 1 is 1.04 bits per heavy atom. The lowest BCUT2D eigenvalue weighted by molar-refractivity contribution is -0.128. The van der Waals surface area contributed by atoms with Gasteiger partial charge in [-0.1, -0.05) is 70.0 Å². The van der Waals surface area contributed by atoms with Gasteiger partial charge in [-0.2, -0.15) is 0 Å². The van der Waals surface area contributed by atoms with Gasteiger partial charge in [0, 0.05) is 10.5 Å². The molecule has 4 heteroatoms. The Hall–Kier alpha value is -2.10. The molecule has 23 heavy (non-hydrogen) atoms. The molecule has 0 amide bonds. The van der Waals surface area contributed by atoms with Crippen LogP contribution in [0, 0.1) is 0 Å². The van der Waals surface area contributed by atoms with Gasteiger partial charge in [0.15, 0.2) is 0 Å². The molecular weight excluding hydrogens is 376 g/mol. The maximum Gasteiger partial charge on any atom is 0.336 e. The molecule has 0 radical (unpaired) electrons. The van der Waals surface area contributed by atoms with Crippen molar-refractivity contribution < 1.29 is 9.53 Å². The minimum atomic E-state index is -0.470. The van der Waals surface area contributed by atoms with Gasteiger partial charge in [0.1, 0.15) is 5.75 Å². The standard InChI is InChI=1S/C19H12BrClO2/c20-15-9-10-18(17(21)12-15)23-19(22)11-8-14-6-3-5-13-4-1-2-7-16(13)14/h1-12H/b11-8+. The van der Waals surface area contributed by atoms with E-state index in [9.17, 15) is 4.79 Å². The summed E-state index contributed by atoms with van der Waals surface area (Å²) in [4.78, 5) is 12.0. The lowest BCUT2D eigenvalue weighted by Gasteiger charge is -2.04. The van der Waals surface area contributed by atoms with Crippen molar-refractivity contribution in [2.45, 2.75) is 0 Å². The van der Waals surface area contributed by atoms with E-state index in [0.29, 0.717) is 10.8 Å². The summed E-state index contributed by atoms with van der Waals surface area (Å²) in [5, 5.41) is 2.59. The van der Waals surface area contributed by atoms with Gasteiger partial charge in [-0.25, -0.2) is 4.79 Å². The number of hydrogen-bond acceptors (Lipinski definition) is 2. The zero-order valence-electron chi connectivity index (χ0n) is 12.0. The number of benzene rings is 3. The number of halogens is 2. The second-order valence-electron chi connectivity index (χ2n) is 4.90. The van der Waals surface area contributed by atoms with Crippen LogP contribution in [-0.4, -0.2) is 5.97 Å². The number of fused-ring (bicyclic) bond motifs is 1. The molecule has 0 fully saturated rings. The van der Waals surface area contributed by atoms with Crippen LogP contribution in [0.1, 0.15) is 5.56 Å². The van der Waals surface area contributed by atoms with E-state index in [2.05, 4.69) is 15.9 Å². The Kier molecular flexibility index (Phi) is 4.79. The number of ether oxygens (including phenoxy) is 1. The fourth-order valence-corrected chi connectivity index (χ4v) is 2.97. The van der Waals surface area contributed by atoms with Crippen LogP contribution in [0.2, 0.25) is 5.02 Å². The molecule has 114 valence electrons. The summed E-state index contributed by atoms with van der Waals surface area (Å²) in [7, 11) is 0. The van der Waals surface area contributed by atoms with Crippen LogP contribution in [-0.2, 0) is 4.79 Å². The molecule has 0 N–H and O–H groups in total. The minimum absolute atomic E-state index is 0.336. The molecule has 0 aliphatic rings. The quantitative estimate of drug-likeness (QED) is 0.319. The molecule has 0 heterocycles. The summed E-state index contributed by atoms with van der Waals surface area (Å²) in [6, 6.07) is 19.1. The first-order valence-corrected chi connectivity index (χ1v) is 8.13. The van der Waals surface area contributed by atoms with Crippen LogP contribution in [0.15, 0.2) is 71.2 Å². The molecule has 0 bridgehead atoms. The number of rotatable bonds is 3. The highest BCUT2D eigenvalue weighted by atomic mass is 79.9. The molecule has 0 spiro atoms. The highest BCUT2D eigenvalue weighted by Crippen LogP contribution is 2.28. The molecule has 2 nitrogen and oxygen atoms in total. The van der Waals surface area contributed by atoms with Crippen LogP contribution in [0.3, 0.4) is 0 Å². The third-order valence-electron chi connectivity index (χ3n) is 3.33. The van der Waals surface area contributed by atoms with Crippen molar-refractivity contribution in [3.63, 3.8) is 0 Å². The predicted octanol–water partition coefficient (Wildman–Crippen LogP) is 5.87. The van der Waals surface area contributed by atoms with E-state index in [1.54, 1.807) is 24.3 Å². The molecule has 3 aromatic carbocycles. The summed E-state index contributed by atoms with van der Waals surface area (Å²) in [5.74, 6) is -0.135. The first-order chi connectivity index (χ1) is 11.1. The summed E-state index contributed by atoms with van der Waals surface area (Å²) in [6.45, 7) is 0.